The fraction of sp³-hybridized carbons (Fsp3) is 0.800. The first-order chi connectivity index (χ1) is 13.0. The number of Topliss-reactive ketones (excluding diaryl/α,β-unsaturated/α-hetero) is 2. The Morgan fingerprint density at radius 2 is 1.24 bits per heavy atom. The van der Waals surface area contributed by atoms with Crippen LogP contribution in [-0.2, 0) is 33.1 Å². The largest absolute Gasteiger partial charge is 0.469 e. The van der Waals surface area contributed by atoms with Crippen LogP contribution < -0.4 is 0 Å². The van der Waals surface area contributed by atoms with Crippen LogP contribution in [0.25, 0.3) is 0 Å². The van der Waals surface area contributed by atoms with Gasteiger partial charge in [-0.15, -0.1) is 0 Å². The van der Waals surface area contributed by atoms with Gasteiger partial charge in [-0.25, -0.2) is 0 Å². The van der Waals surface area contributed by atoms with Gasteiger partial charge >= 0.3 is 11.9 Å². The standard InChI is InChI=1S/C13H26O4Si.C7H12O4/c1-10(14)8-11(9-12(15)16-5)17-18(6,7)13(2,3)4;1-5(8)3-6(9)4-7(10)11-2/h11H,8-9H2,1-7H3;6,9H,3-4H2,1-2H3/t11-;6-/m11/s1. The number of carbonyl (C=O) groups is 4. The van der Waals surface area contributed by atoms with E-state index in [4.69, 9.17) is 9.53 Å². The Kier molecular flexibility index (Phi) is 13.9. The van der Waals surface area contributed by atoms with Gasteiger partial charge in [0.25, 0.3) is 0 Å². The predicted octanol–water partition coefficient (Wildman–Crippen LogP) is 2.81. The molecule has 0 spiro atoms. The normalized spacial score (nSPS) is 13.4. The highest BCUT2D eigenvalue weighted by atomic mass is 28.4. The summed E-state index contributed by atoms with van der Waals surface area (Å²) < 4.78 is 15.0. The second kappa shape index (κ2) is 13.6. The van der Waals surface area contributed by atoms with Crippen molar-refractivity contribution in [2.24, 2.45) is 0 Å². The van der Waals surface area contributed by atoms with E-state index in [0.717, 1.165) is 0 Å². The molecule has 0 bridgehead atoms. The molecule has 1 N–H and O–H groups in total. The van der Waals surface area contributed by atoms with Gasteiger partial charge in [-0.2, -0.15) is 0 Å². The summed E-state index contributed by atoms with van der Waals surface area (Å²) in [5, 5.41) is 9.05. The molecule has 29 heavy (non-hydrogen) atoms. The summed E-state index contributed by atoms with van der Waals surface area (Å²) in [4.78, 5) is 43.5. The summed E-state index contributed by atoms with van der Waals surface area (Å²) in [6.45, 7) is 13.5. The maximum absolute atomic E-state index is 11.3. The number of methoxy groups -OCH3 is 2. The number of hydrogen-bond acceptors (Lipinski definition) is 8. The molecule has 0 radical (unpaired) electrons. The lowest BCUT2D eigenvalue weighted by molar-refractivity contribution is -0.144. The first-order valence-electron chi connectivity index (χ1n) is 9.54. The summed E-state index contributed by atoms with van der Waals surface area (Å²) in [5.41, 5.74) is 0. The van der Waals surface area contributed by atoms with E-state index in [1.807, 2.05) is 0 Å². The number of hydrogen-bond donors (Lipinski definition) is 1. The van der Waals surface area contributed by atoms with E-state index in [2.05, 4.69) is 43.3 Å². The Morgan fingerprint density at radius 3 is 1.59 bits per heavy atom. The number of ketones is 2. The Balaban J connectivity index is 0. The molecule has 2 atom stereocenters. The molecule has 0 aromatic carbocycles. The van der Waals surface area contributed by atoms with E-state index >= 15 is 0 Å². The van der Waals surface area contributed by atoms with E-state index in [9.17, 15) is 19.2 Å². The summed E-state index contributed by atoms with van der Waals surface area (Å²) in [7, 11) is 0.611. The van der Waals surface area contributed by atoms with Crippen LogP contribution in [0.5, 0.6) is 0 Å². The van der Waals surface area contributed by atoms with Crippen LogP contribution >= 0.6 is 0 Å². The van der Waals surface area contributed by atoms with Crippen LogP contribution in [0, 0.1) is 0 Å². The van der Waals surface area contributed by atoms with Crippen molar-refractivity contribution < 1.29 is 38.2 Å². The van der Waals surface area contributed by atoms with Gasteiger partial charge in [0.15, 0.2) is 8.32 Å². The van der Waals surface area contributed by atoms with Gasteiger partial charge in [-0.05, 0) is 32.0 Å². The average Bonchev–Trinajstić information content (AvgIpc) is 2.52. The molecule has 0 aliphatic carbocycles. The van der Waals surface area contributed by atoms with E-state index in [0.29, 0.717) is 0 Å². The number of rotatable bonds is 10. The van der Waals surface area contributed by atoms with Crippen molar-refractivity contribution in [2.75, 3.05) is 14.2 Å². The van der Waals surface area contributed by atoms with Crippen LogP contribution in [-0.4, -0.2) is 63.4 Å². The van der Waals surface area contributed by atoms with Crippen molar-refractivity contribution in [2.45, 2.75) is 90.6 Å². The molecule has 0 aliphatic rings. The third kappa shape index (κ3) is 15.0. The summed E-state index contributed by atoms with van der Waals surface area (Å²) in [5.74, 6) is -0.942. The first kappa shape index (κ1) is 29.6. The Bertz CT molecular complexity index is 551. The quantitative estimate of drug-likeness (QED) is 0.412. The van der Waals surface area contributed by atoms with Crippen molar-refractivity contribution >= 4 is 31.8 Å². The molecule has 0 saturated carbocycles. The highest BCUT2D eigenvalue weighted by Crippen LogP contribution is 2.38. The third-order valence-electron chi connectivity index (χ3n) is 4.56. The molecular weight excluding hydrogens is 396 g/mol. The monoisotopic (exact) mass is 434 g/mol. The molecule has 170 valence electrons. The minimum Gasteiger partial charge on any atom is -0.469 e. The van der Waals surface area contributed by atoms with Crippen molar-refractivity contribution in [1.82, 2.24) is 0 Å². The maximum Gasteiger partial charge on any atom is 0.308 e. The van der Waals surface area contributed by atoms with Crippen molar-refractivity contribution in [3.05, 3.63) is 0 Å². The molecule has 0 saturated heterocycles. The Hall–Kier alpha value is -1.58. The van der Waals surface area contributed by atoms with Crippen LogP contribution in [0.2, 0.25) is 18.1 Å². The van der Waals surface area contributed by atoms with Crippen LogP contribution in [0.3, 0.4) is 0 Å². The number of aliphatic hydroxyl groups is 1. The zero-order chi connectivity index (χ0) is 23.4. The van der Waals surface area contributed by atoms with Gasteiger partial charge in [0.05, 0.1) is 39.3 Å². The van der Waals surface area contributed by atoms with E-state index in [1.165, 1.54) is 28.1 Å². The van der Waals surface area contributed by atoms with Gasteiger partial charge in [0.2, 0.25) is 0 Å². The molecule has 9 heteroatoms. The topological polar surface area (TPSA) is 116 Å². The number of ether oxygens (including phenoxy) is 2. The third-order valence-corrected chi connectivity index (χ3v) is 9.09. The summed E-state index contributed by atoms with van der Waals surface area (Å²) >= 11 is 0. The van der Waals surface area contributed by atoms with Crippen LogP contribution in [0.1, 0.15) is 60.3 Å². The summed E-state index contributed by atoms with van der Waals surface area (Å²) in [6, 6.07) is 0. The van der Waals surface area contributed by atoms with E-state index < -0.39 is 20.4 Å². The molecular formula is C20H38O8Si. The van der Waals surface area contributed by atoms with Crippen LogP contribution in [0.4, 0.5) is 0 Å². The highest BCUT2D eigenvalue weighted by molar-refractivity contribution is 6.74. The van der Waals surface area contributed by atoms with Crippen LogP contribution in [0.15, 0.2) is 0 Å². The second-order valence-electron chi connectivity index (χ2n) is 8.53. The van der Waals surface area contributed by atoms with Crippen molar-refractivity contribution in [3.8, 4) is 0 Å². The van der Waals surface area contributed by atoms with Gasteiger partial charge < -0.3 is 19.0 Å². The Labute approximate surface area is 175 Å². The maximum atomic E-state index is 11.3. The lowest BCUT2D eigenvalue weighted by atomic mass is 10.1. The minimum absolute atomic E-state index is 0.00903. The number of carbonyl (C=O) groups excluding carboxylic acids is 4. The minimum atomic E-state index is -1.97. The molecule has 0 unspecified atom stereocenters. The SMILES string of the molecule is COC(=O)C[C@@H](CC(C)=O)O[Si](C)(C)C(C)(C)C.COC(=O)C[C@H](O)CC(C)=O. The second-order valence-corrected chi connectivity index (χ2v) is 13.3. The lowest BCUT2D eigenvalue weighted by Gasteiger charge is -2.39. The average molecular weight is 435 g/mol. The van der Waals surface area contributed by atoms with E-state index in [1.54, 1.807) is 0 Å². The van der Waals surface area contributed by atoms with Gasteiger partial charge in [0.1, 0.15) is 11.6 Å². The van der Waals surface area contributed by atoms with Gasteiger partial charge in [-0.1, -0.05) is 20.8 Å². The molecule has 8 nitrogen and oxygen atoms in total. The zero-order valence-corrected chi connectivity index (χ0v) is 20.3. The van der Waals surface area contributed by atoms with Crippen molar-refractivity contribution in [1.29, 1.82) is 0 Å². The fourth-order valence-electron chi connectivity index (χ4n) is 2.02. The zero-order valence-electron chi connectivity index (χ0n) is 19.3. The number of esters is 2. The highest BCUT2D eigenvalue weighted by Gasteiger charge is 2.39. The fourth-order valence-corrected chi connectivity index (χ4v) is 3.37. The Morgan fingerprint density at radius 1 is 0.828 bits per heavy atom. The molecule has 0 aromatic heterocycles. The molecule has 0 fully saturated rings. The first-order valence-corrected chi connectivity index (χ1v) is 12.4. The molecule has 0 rings (SSSR count). The molecule has 0 heterocycles. The predicted molar refractivity (Wildman–Crippen MR) is 112 cm³/mol. The van der Waals surface area contributed by atoms with Crippen molar-refractivity contribution in [3.63, 3.8) is 0 Å². The van der Waals surface area contributed by atoms with E-state index in [-0.39, 0.29) is 54.4 Å². The van der Waals surface area contributed by atoms with Gasteiger partial charge in [0, 0.05) is 12.8 Å². The lowest BCUT2D eigenvalue weighted by Crippen LogP contribution is -2.44. The summed E-state index contributed by atoms with van der Waals surface area (Å²) in [6.07, 6.45) is -0.967. The molecule has 0 aromatic rings. The smallest absolute Gasteiger partial charge is 0.308 e. The number of aliphatic hydroxyl groups excluding tert-OH is 1. The molecule has 0 aliphatic heterocycles. The molecule has 0 amide bonds. The van der Waals surface area contributed by atoms with Gasteiger partial charge in [-0.3, -0.25) is 19.2 Å².